The highest BCUT2D eigenvalue weighted by Gasteiger charge is 2.46. The zero-order valence-corrected chi connectivity index (χ0v) is 33.0. The lowest BCUT2D eigenvalue weighted by Crippen LogP contribution is -2.40. The third-order valence-electron chi connectivity index (χ3n) is 11.2. The fraction of sp³-hybridized carbons (Fsp3) is 0.308. The number of sulfonamides is 1. The van der Waals surface area contributed by atoms with Gasteiger partial charge in [0, 0.05) is 37.3 Å². The predicted molar refractivity (Wildman–Crippen MR) is 220 cm³/mol. The Morgan fingerprint density at radius 1 is 0.918 bits per heavy atom. The molecule has 0 spiro atoms. The fourth-order valence-electron chi connectivity index (χ4n) is 8.02. The molecule has 1 saturated heterocycles. The molecule has 3 aromatic heterocycles. The lowest BCUT2D eigenvalue weighted by molar-refractivity contribution is 0.00758. The van der Waals surface area contributed by atoms with Crippen molar-refractivity contribution in [3.05, 3.63) is 106 Å². The third-order valence-corrected chi connectivity index (χ3v) is 12.1. The molecule has 1 saturated carbocycles. The average Bonchev–Trinajstić information content (AvgIpc) is 4.01. The standard InChI is InChI=1S/C39H43N11O10S/c40-61(59,60)26-11-5-22(6-12-26)43-38(57)44-23-13-14-48(17-23)37-46-34(41-16-27(20-1-7-24(52)8-2-20)21-3-9-25(53)10-4-21)31-35(47-37)49(19-42-31)29-15-30(33(55)32(29)54)50-36(56)28(18-51)45-39(50)58/h1-12,19,23,27,29-30,32-33,51-56H,13-18H2,(H,45,58)(H2,40,59,60)(H,41,46,47)(H2,43,44,57)/t23-,29-,30+,32+,33-/m1/s1. The van der Waals surface area contributed by atoms with Gasteiger partial charge in [-0.25, -0.2) is 28.1 Å². The number of aromatic amines is 1. The molecule has 12 N–H and O–H groups in total. The van der Waals surface area contributed by atoms with Crippen molar-refractivity contribution < 1.29 is 43.9 Å². The number of amides is 2. The highest BCUT2D eigenvalue weighted by Crippen LogP contribution is 2.42. The molecule has 320 valence electrons. The summed E-state index contributed by atoms with van der Waals surface area (Å²) in [7, 11) is -3.91. The molecule has 4 heterocycles. The second-order valence-corrected chi connectivity index (χ2v) is 16.6. The van der Waals surface area contributed by atoms with Crippen molar-refractivity contribution in [2.24, 2.45) is 5.14 Å². The van der Waals surface area contributed by atoms with Crippen LogP contribution in [0.25, 0.3) is 11.2 Å². The normalized spacial score (nSPS) is 20.4. The van der Waals surface area contributed by atoms with E-state index in [-0.39, 0.29) is 65.2 Å². The fourth-order valence-corrected chi connectivity index (χ4v) is 8.53. The average molecular weight is 858 g/mol. The van der Waals surface area contributed by atoms with E-state index in [9.17, 15) is 48.6 Å². The topological polar surface area (TPSA) is 319 Å². The van der Waals surface area contributed by atoms with Crippen LogP contribution in [0.2, 0.25) is 0 Å². The van der Waals surface area contributed by atoms with Crippen molar-refractivity contribution in [3.8, 4) is 17.4 Å². The monoisotopic (exact) mass is 857 g/mol. The van der Waals surface area contributed by atoms with Crippen LogP contribution in [-0.2, 0) is 16.6 Å². The Hall–Kier alpha value is -6.72. The van der Waals surface area contributed by atoms with Crippen LogP contribution in [0.3, 0.4) is 0 Å². The number of primary sulfonamides is 1. The first-order valence-corrected chi connectivity index (χ1v) is 20.7. The molecule has 1 aliphatic carbocycles. The first-order valence-electron chi connectivity index (χ1n) is 19.2. The molecule has 1 aliphatic heterocycles. The number of benzene rings is 3. The van der Waals surface area contributed by atoms with Gasteiger partial charge in [-0.15, -0.1) is 0 Å². The minimum absolute atomic E-state index is 0.0363. The van der Waals surface area contributed by atoms with E-state index in [0.717, 1.165) is 15.7 Å². The molecular formula is C39H43N11O10S. The summed E-state index contributed by atoms with van der Waals surface area (Å²) in [5.74, 6) is -0.114. The zero-order chi connectivity index (χ0) is 43.2. The Bertz CT molecular complexity index is 2680. The molecule has 6 aromatic rings. The van der Waals surface area contributed by atoms with Gasteiger partial charge in [0.1, 0.15) is 29.4 Å². The zero-order valence-electron chi connectivity index (χ0n) is 32.2. The van der Waals surface area contributed by atoms with Crippen LogP contribution in [0, 0.1) is 0 Å². The molecule has 61 heavy (non-hydrogen) atoms. The van der Waals surface area contributed by atoms with Gasteiger partial charge in [0.15, 0.2) is 17.0 Å². The number of carbonyl (C=O) groups is 1. The number of phenols is 2. The number of aliphatic hydroxyl groups is 3. The smallest absolute Gasteiger partial charge is 0.329 e. The van der Waals surface area contributed by atoms with Crippen LogP contribution >= 0.6 is 0 Å². The molecule has 22 heteroatoms. The van der Waals surface area contributed by atoms with Crippen molar-refractivity contribution in [2.45, 2.75) is 60.6 Å². The number of aromatic nitrogens is 6. The van der Waals surface area contributed by atoms with Gasteiger partial charge in [0.2, 0.25) is 21.9 Å². The molecule has 0 bridgehead atoms. The van der Waals surface area contributed by atoms with Gasteiger partial charge in [0.05, 0.1) is 29.9 Å². The molecule has 5 atom stereocenters. The van der Waals surface area contributed by atoms with Crippen LogP contribution in [0.5, 0.6) is 17.4 Å². The van der Waals surface area contributed by atoms with Crippen LogP contribution in [0.1, 0.15) is 47.7 Å². The number of rotatable bonds is 12. The number of aliphatic hydroxyl groups excluding tert-OH is 3. The Morgan fingerprint density at radius 3 is 2.16 bits per heavy atom. The van der Waals surface area contributed by atoms with E-state index < -0.39 is 58.5 Å². The number of carbonyl (C=O) groups excluding carboxylic acids is 1. The number of aromatic hydroxyl groups is 3. The minimum Gasteiger partial charge on any atom is -0.508 e. The van der Waals surface area contributed by atoms with Crippen LogP contribution in [-0.4, -0.2) is 112 Å². The number of fused-ring (bicyclic) bond motifs is 1. The van der Waals surface area contributed by atoms with Crippen molar-refractivity contribution in [2.75, 3.05) is 35.2 Å². The van der Waals surface area contributed by atoms with E-state index in [2.05, 4.69) is 25.9 Å². The van der Waals surface area contributed by atoms with Gasteiger partial charge in [-0.05, 0) is 72.5 Å². The summed E-state index contributed by atoms with van der Waals surface area (Å²) < 4.78 is 25.7. The van der Waals surface area contributed by atoms with E-state index in [1.807, 2.05) is 4.90 Å². The lowest BCUT2D eigenvalue weighted by Gasteiger charge is -2.22. The van der Waals surface area contributed by atoms with Crippen molar-refractivity contribution >= 4 is 44.7 Å². The number of hydrogen-bond acceptors (Lipinski definition) is 15. The van der Waals surface area contributed by atoms with Gasteiger partial charge in [-0.1, -0.05) is 24.3 Å². The molecule has 3 aromatic carbocycles. The van der Waals surface area contributed by atoms with Crippen LogP contribution in [0.15, 0.2) is 88.8 Å². The maximum Gasteiger partial charge on any atom is 0.329 e. The first-order chi connectivity index (χ1) is 29.2. The Kier molecular flexibility index (Phi) is 11.0. The van der Waals surface area contributed by atoms with E-state index in [0.29, 0.717) is 30.0 Å². The summed E-state index contributed by atoms with van der Waals surface area (Å²) in [6, 6.07) is 16.0. The third kappa shape index (κ3) is 8.25. The number of imidazole rings is 2. The SMILES string of the molecule is NS(=O)(=O)c1ccc(NC(=O)N[C@@H]2CCN(c3nc(NCC(c4ccc(O)cc4)c4ccc(O)cc4)c4ncn([C@@H]5C[C@H](n6c(O)c(CO)[nH]c6=O)[C@@H](O)[C@H]5O)c4n3)C2)cc1. The summed E-state index contributed by atoms with van der Waals surface area (Å²) in [4.78, 5) is 44.3. The predicted octanol–water partition coefficient (Wildman–Crippen LogP) is 1.12. The van der Waals surface area contributed by atoms with Gasteiger partial charge >= 0.3 is 11.7 Å². The van der Waals surface area contributed by atoms with Gasteiger partial charge < -0.3 is 61.0 Å². The summed E-state index contributed by atoms with van der Waals surface area (Å²) >= 11 is 0. The Morgan fingerprint density at radius 2 is 1.56 bits per heavy atom. The van der Waals surface area contributed by atoms with Gasteiger partial charge in [0.25, 0.3) is 0 Å². The number of urea groups is 1. The maximum atomic E-state index is 13.0. The molecular weight excluding hydrogens is 815 g/mol. The number of phenolic OH excluding ortho intramolecular Hbond substituents is 2. The minimum atomic E-state index is -3.91. The molecule has 2 amide bonds. The molecule has 2 fully saturated rings. The summed E-state index contributed by atoms with van der Waals surface area (Å²) in [6.07, 6.45) is -1.04. The number of nitrogens with zero attached hydrogens (tertiary/aromatic N) is 6. The quantitative estimate of drug-likeness (QED) is 0.0822. The summed E-state index contributed by atoms with van der Waals surface area (Å²) in [5.41, 5.74) is 1.73. The first kappa shape index (κ1) is 41.0. The van der Waals surface area contributed by atoms with E-state index >= 15 is 0 Å². The van der Waals surface area contributed by atoms with Crippen molar-refractivity contribution in [3.63, 3.8) is 0 Å². The molecule has 21 nitrogen and oxygen atoms in total. The number of nitrogens with one attached hydrogen (secondary N) is 4. The number of anilines is 3. The molecule has 8 rings (SSSR count). The number of hydrogen-bond donors (Lipinski definition) is 11. The Balaban J connectivity index is 1.10. The van der Waals surface area contributed by atoms with E-state index in [4.69, 9.17) is 15.1 Å². The molecule has 0 radical (unpaired) electrons. The summed E-state index contributed by atoms with van der Waals surface area (Å²) in [6.45, 7) is 0.314. The number of nitrogens with two attached hydrogens (primary N) is 1. The second kappa shape index (κ2) is 16.4. The highest BCUT2D eigenvalue weighted by molar-refractivity contribution is 7.89. The Labute approximate surface area is 346 Å². The molecule has 0 unspecified atom stereocenters. The molecule has 2 aliphatic rings. The van der Waals surface area contributed by atoms with Crippen molar-refractivity contribution in [1.82, 2.24) is 34.4 Å². The van der Waals surface area contributed by atoms with E-state index in [1.54, 1.807) is 53.1 Å². The van der Waals surface area contributed by atoms with Crippen LogP contribution in [0.4, 0.5) is 22.2 Å². The number of H-pyrrole nitrogens is 1. The summed E-state index contributed by atoms with van der Waals surface area (Å²) in [5, 5.41) is 77.2. The van der Waals surface area contributed by atoms with Crippen molar-refractivity contribution in [1.29, 1.82) is 0 Å². The maximum absolute atomic E-state index is 13.0. The largest absolute Gasteiger partial charge is 0.508 e. The van der Waals surface area contributed by atoms with E-state index in [1.165, 1.54) is 30.6 Å². The lowest BCUT2D eigenvalue weighted by atomic mass is 9.91. The van der Waals surface area contributed by atoms with Gasteiger partial charge in [-0.2, -0.15) is 9.97 Å². The highest BCUT2D eigenvalue weighted by atomic mass is 32.2. The second-order valence-electron chi connectivity index (χ2n) is 15.0. The van der Waals surface area contributed by atoms with Gasteiger partial charge in [-0.3, -0.25) is 4.57 Å². The van der Waals surface area contributed by atoms with Crippen LogP contribution < -0.4 is 31.7 Å².